The van der Waals surface area contributed by atoms with E-state index in [0.29, 0.717) is 0 Å². The molecule has 4 heteroatoms. The van der Waals surface area contributed by atoms with Crippen LogP contribution in [0.3, 0.4) is 0 Å². The Morgan fingerprint density at radius 2 is 1.45 bits per heavy atom. The molecule has 3 aromatic carbocycles. The number of rotatable bonds is 3. The first-order valence-electron chi connectivity index (χ1n) is 10.9. The molecule has 0 aliphatic carbocycles. The van der Waals surface area contributed by atoms with Crippen molar-refractivity contribution in [1.82, 2.24) is 4.98 Å². The quantitative estimate of drug-likeness (QED) is 0.270. The van der Waals surface area contributed by atoms with Crippen LogP contribution in [0.15, 0.2) is 113 Å². The van der Waals surface area contributed by atoms with Crippen LogP contribution in [0.5, 0.6) is 0 Å². The number of benzene rings is 3. The number of hydrogen-bond acceptors (Lipinski definition) is 3. The van der Waals surface area contributed by atoms with Gasteiger partial charge in [0.1, 0.15) is 7.05 Å². The topological polar surface area (TPSA) is 20.0 Å². The Morgan fingerprint density at radius 1 is 0.758 bits per heavy atom. The molecule has 0 amide bonds. The molecule has 0 N–H and O–H groups in total. The third kappa shape index (κ3) is 3.79. The van der Waals surface area contributed by atoms with E-state index in [1.54, 1.807) is 0 Å². The maximum absolute atomic E-state index is 4.87. The maximum atomic E-state index is 4.87. The van der Waals surface area contributed by atoms with E-state index in [4.69, 9.17) is 4.98 Å². The zero-order valence-electron chi connectivity index (χ0n) is 18.2. The molecule has 6 rings (SSSR count). The van der Waals surface area contributed by atoms with E-state index < -0.39 is 0 Å². The fraction of sp³-hybridized carbons (Fsp3) is 0.0345. The van der Waals surface area contributed by atoms with Gasteiger partial charge in [0.25, 0.3) is 0 Å². The van der Waals surface area contributed by atoms with Crippen LogP contribution in [0.25, 0.3) is 23.1 Å². The van der Waals surface area contributed by atoms with Gasteiger partial charge in [-0.05, 0) is 60.2 Å². The standard InChI is InChI=1S/C29H22N3S/c1-31-18-16-21(17-19-31)10-12-23-13-11-22-20-24(14-15-25(22)30-23)32-26-6-2-4-8-28(26)33-29-9-5-3-7-27(29)32/h2-20H,1H3/q+1. The van der Waals surface area contributed by atoms with E-state index >= 15 is 0 Å². The summed E-state index contributed by atoms with van der Waals surface area (Å²) in [5.74, 6) is 0. The molecule has 0 atom stereocenters. The number of hydrogen-bond donors (Lipinski definition) is 0. The van der Waals surface area contributed by atoms with Gasteiger partial charge in [0.2, 0.25) is 0 Å². The number of anilines is 3. The van der Waals surface area contributed by atoms with Crippen molar-refractivity contribution in [2.45, 2.75) is 9.79 Å². The summed E-state index contributed by atoms with van der Waals surface area (Å²) in [5.41, 5.74) is 6.67. The normalized spacial score (nSPS) is 12.7. The Kier molecular flexibility index (Phi) is 4.93. The Morgan fingerprint density at radius 3 is 2.18 bits per heavy atom. The number of nitrogens with zero attached hydrogens (tertiary/aromatic N) is 3. The molecule has 0 spiro atoms. The average Bonchev–Trinajstić information content (AvgIpc) is 2.86. The third-order valence-electron chi connectivity index (χ3n) is 5.84. The van der Waals surface area contributed by atoms with Gasteiger partial charge in [-0.1, -0.05) is 48.2 Å². The minimum atomic E-state index is 0.952. The van der Waals surface area contributed by atoms with E-state index in [0.717, 1.165) is 27.8 Å². The zero-order valence-corrected chi connectivity index (χ0v) is 19.0. The monoisotopic (exact) mass is 444 g/mol. The van der Waals surface area contributed by atoms with Crippen LogP contribution in [0.1, 0.15) is 11.3 Å². The van der Waals surface area contributed by atoms with Crippen molar-refractivity contribution in [3.05, 3.63) is 115 Å². The van der Waals surface area contributed by atoms with Crippen molar-refractivity contribution in [3.63, 3.8) is 0 Å². The second-order valence-corrected chi connectivity index (χ2v) is 9.20. The fourth-order valence-electron chi connectivity index (χ4n) is 4.15. The maximum Gasteiger partial charge on any atom is 0.169 e. The van der Waals surface area contributed by atoms with Crippen LogP contribution in [0.4, 0.5) is 17.1 Å². The lowest BCUT2D eigenvalue weighted by atomic mass is 10.1. The summed E-state index contributed by atoms with van der Waals surface area (Å²) >= 11 is 1.83. The summed E-state index contributed by atoms with van der Waals surface area (Å²) in [6, 6.07) is 32.1. The van der Waals surface area contributed by atoms with Gasteiger partial charge in [-0.3, -0.25) is 0 Å². The molecule has 0 radical (unpaired) electrons. The number of aryl methyl sites for hydroxylation is 1. The lowest BCUT2D eigenvalue weighted by Gasteiger charge is -2.32. The van der Waals surface area contributed by atoms with Crippen LogP contribution < -0.4 is 9.47 Å². The van der Waals surface area contributed by atoms with Crippen molar-refractivity contribution < 1.29 is 4.57 Å². The molecule has 158 valence electrons. The lowest BCUT2D eigenvalue weighted by Crippen LogP contribution is -2.25. The highest BCUT2D eigenvalue weighted by Crippen LogP contribution is 2.51. The largest absolute Gasteiger partial charge is 0.308 e. The second kappa shape index (κ2) is 8.23. The number of para-hydroxylation sites is 2. The van der Waals surface area contributed by atoms with Crippen LogP contribution in [0, 0.1) is 0 Å². The van der Waals surface area contributed by atoms with Crippen LogP contribution in [-0.4, -0.2) is 4.98 Å². The Hall–Kier alpha value is -3.89. The molecule has 0 saturated heterocycles. The smallest absolute Gasteiger partial charge is 0.169 e. The molecule has 0 fully saturated rings. The van der Waals surface area contributed by atoms with Crippen LogP contribution in [-0.2, 0) is 7.05 Å². The fourth-order valence-corrected chi connectivity index (χ4v) is 5.21. The molecule has 0 bridgehead atoms. The van der Waals surface area contributed by atoms with Crippen molar-refractivity contribution in [2.75, 3.05) is 4.90 Å². The molecule has 1 aliphatic rings. The Balaban J connectivity index is 1.38. The molecule has 3 heterocycles. The minimum Gasteiger partial charge on any atom is -0.308 e. The zero-order chi connectivity index (χ0) is 22.2. The minimum absolute atomic E-state index is 0.952. The van der Waals surface area contributed by atoms with Gasteiger partial charge in [-0.15, -0.1) is 0 Å². The molecular formula is C29H22N3S+. The summed E-state index contributed by atoms with van der Waals surface area (Å²) < 4.78 is 2.03. The highest BCUT2D eigenvalue weighted by molar-refractivity contribution is 7.99. The van der Waals surface area contributed by atoms with E-state index in [1.807, 2.05) is 35.8 Å². The van der Waals surface area contributed by atoms with Gasteiger partial charge in [0, 0.05) is 33.0 Å². The third-order valence-corrected chi connectivity index (χ3v) is 6.97. The number of fused-ring (bicyclic) bond motifs is 3. The van der Waals surface area contributed by atoms with E-state index in [1.165, 1.54) is 21.2 Å². The highest BCUT2D eigenvalue weighted by Gasteiger charge is 2.24. The van der Waals surface area contributed by atoms with Crippen LogP contribution in [0.2, 0.25) is 0 Å². The molecule has 0 saturated carbocycles. The van der Waals surface area contributed by atoms with Gasteiger partial charge < -0.3 is 4.90 Å². The van der Waals surface area contributed by atoms with Gasteiger partial charge in [0.05, 0.1) is 22.6 Å². The SMILES string of the molecule is C[n+]1ccc(C=Cc2ccc3cc(N4c5ccccc5Sc5ccccc54)ccc3n2)cc1. The van der Waals surface area contributed by atoms with Crippen molar-refractivity contribution in [1.29, 1.82) is 0 Å². The lowest BCUT2D eigenvalue weighted by molar-refractivity contribution is -0.671. The highest BCUT2D eigenvalue weighted by atomic mass is 32.2. The van der Waals surface area contributed by atoms with Gasteiger partial charge in [0.15, 0.2) is 12.4 Å². The molecule has 1 aliphatic heterocycles. The molecular weight excluding hydrogens is 422 g/mol. The summed E-state index contributed by atoms with van der Waals surface area (Å²) in [4.78, 5) is 9.76. The molecule has 33 heavy (non-hydrogen) atoms. The van der Waals surface area contributed by atoms with E-state index in [-0.39, 0.29) is 0 Å². The van der Waals surface area contributed by atoms with E-state index in [9.17, 15) is 0 Å². The molecule has 2 aromatic heterocycles. The van der Waals surface area contributed by atoms with E-state index in [2.05, 4.69) is 108 Å². The van der Waals surface area contributed by atoms with Crippen LogP contribution >= 0.6 is 11.8 Å². The Labute approximate surface area is 197 Å². The number of pyridine rings is 2. The van der Waals surface area contributed by atoms with Gasteiger partial charge >= 0.3 is 0 Å². The first-order valence-corrected chi connectivity index (χ1v) is 11.8. The van der Waals surface area contributed by atoms with Gasteiger partial charge in [-0.25, -0.2) is 9.55 Å². The van der Waals surface area contributed by atoms with Crippen molar-refractivity contribution >= 4 is 51.9 Å². The molecule has 3 nitrogen and oxygen atoms in total. The molecule has 5 aromatic rings. The number of aromatic nitrogens is 2. The molecule has 0 unspecified atom stereocenters. The Bertz CT molecular complexity index is 1460. The van der Waals surface area contributed by atoms with Gasteiger partial charge in [-0.2, -0.15) is 0 Å². The first kappa shape index (κ1) is 19.8. The predicted molar refractivity (Wildman–Crippen MR) is 137 cm³/mol. The first-order chi connectivity index (χ1) is 16.2. The van der Waals surface area contributed by atoms with Crippen molar-refractivity contribution in [2.24, 2.45) is 7.05 Å². The summed E-state index contributed by atoms with van der Waals surface area (Å²) in [7, 11) is 2.02. The predicted octanol–water partition coefficient (Wildman–Crippen LogP) is 7.16. The summed E-state index contributed by atoms with van der Waals surface area (Å²) in [6.07, 6.45) is 8.26. The second-order valence-electron chi connectivity index (χ2n) is 8.12. The summed E-state index contributed by atoms with van der Waals surface area (Å²) in [5, 5.41) is 1.13. The van der Waals surface area contributed by atoms with Crippen molar-refractivity contribution in [3.8, 4) is 0 Å². The summed E-state index contributed by atoms with van der Waals surface area (Å²) in [6.45, 7) is 0. The average molecular weight is 445 g/mol.